The average molecular weight is 245 g/mol. The summed E-state index contributed by atoms with van der Waals surface area (Å²) in [5.41, 5.74) is 0. The molecule has 102 valence electrons. The minimum atomic E-state index is 0.148. The second kappa shape index (κ2) is 9.39. The number of nitrogens with zero attached hydrogens (tertiary/aromatic N) is 3. The molecule has 0 aliphatic heterocycles. The highest BCUT2D eigenvalue weighted by Gasteiger charge is 2.08. The van der Waals surface area contributed by atoms with Crippen LogP contribution in [0.15, 0.2) is 0 Å². The van der Waals surface area contributed by atoms with E-state index in [1.54, 1.807) is 26.1 Å². The van der Waals surface area contributed by atoms with E-state index in [0.717, 1.165) is 32.7 Å². The molecule has 0 aromatic heterocycles. The van der Waals surface area contributed by atoms with Crippen LogP contribution in [0.1, 0.15) is 6.42 Å². The molecule has 0 atom stereocenters. The Morgan fingerprint density at radius 1 is 1.00 bits per heavy atom. The smallest absolute Gasteiger partial charge is 0.236 e. The van der Waals surface area contributed by atoms with Crippen LogP contribution in [0, 0.1) is 0 Å². The minimum Gasteiger partial charge on any atom is -0.385 e. The molecule has 0 saturated carbocycles. The Morgan fingerprint density at radius 2 is 1.59 bits per heavy atom. The van der Waals surface area contributed by atoms with Crippen molar-refractivity contribution in [2.24, 2.45) is 0 Å². The molecule has 5 nitrogen and oxygen atoms in total. The Bertz CT molecular complexity index is 210. The van der Waals surface area contributed by atoms with E-state index in [-0.39, 0.29) is 5.91 Å². The molecule has 0 saturated heterocycles. The molecule has 0 aliphatic carbocycles. The molecular formula is C12H27N3O2. The van der Waals surface area contributed by atoms with Crippen LogP contribution in [0.3, 0.4) is 0 Å². The monoisotopic (exact) mass is 245 g/mol. The van der Waals surface area contributed by atoms with Crippen molar-refractivity contribution >= 4 is 5.91 Å². The number of amides is 1. The molecule has 1 amide bonds. The Balaban J connectivity index is 3.61. The first-order valence-electron chi connectivity index (χ1n) is 6.03. The van der Waals surface area contributed by atoms with Crippen LogP contribution in [0.4, 0.5) is 0 Å². The standard InChI is InChI=1S/C12H27N3O2/c1-13(2)12(16)11-15(4)9-8-14(3)7-6-10-17-5/h6-11H2,1-5H3. The highest BCUT2D eigenvalue weighted by Crippen LogP contribution is 1.91. The molecule has 0 N–H and O–H groups in total. The number of rotatable bonds is 9. The quantitative estimate of drug-likeness (QED) is 0.535. The van der Waals surface area contributed by atoms with E-state index in [4.69, 9.17) is 4.74 Å². The number of ether oxygens (including phenoxy) is 1. The fourth-order valence-corrected chi connectivity index (χ4v) is 1.38. The third-order valence-electron chi connectivity index (χ3n) is 2.66. The first kappa shape index (κ1) is 16.4. The third-order valence-corrected chi connectivity index (χ3v) is 2.66. The predicted molar refractivity (Wildman–Crippen MR) is 70.2 cm³/mol. The lowest BCUT2D eigenvalue weighted by molar-refractivity contribution is -0.129. The molecule has 0 aromatic rings. The predicted octanol–water partition coefficient (Wildman–Crippen LogP) is -0.0253. The summed E-state index contributed by atoms with van der Waals surface area (Å²) in [6.07, 6.45) is 1.05. The first-order chi connectivity index (χ1) is 7.97. The Hall–Kier alpha value is -0.650. The maximum Gasteiger partial charge on any atom is 0.236 e. The SMILES string of the molecule is COCCCN(C)CCN(C)CC(=O)N(C)C. The number of likely N-dealkylation sites (N-methyl/N-ethyl adjacent to an activating group) is 3. The highest BCUT2D eigenvalue weighted by atomic mass is 16.5. The Morgan fingerprint density at radius 3 is 2.12 bits per heavy atom. The molecule has 0 rings (SSSR count). The highest BCUT2D eigenvalue weighted by molar-refractivity contribution is 5.77. The molecule has 0 spiro atoms. The zero-order valence-corrected chi connectivity index (χ0v) is 11.9. The second-order valence-electron chi connectivity index (χ2n) is 4.68. The van der Waals surface area contributed by atoms with Gasteiger partial charge in [0.05, 0.1) is 6.54 Å². The maximum absolute atomic E-state index is 11.5. The molecule has 0 unspecified atom stereocenters. The van der Waals surface area contributed by atoms with Crippen LogP contribution >= 0.6 is 0 Å². The number of hydrogen-bond donors (Lipinski definition) is 0. The van der Waals surface area contributed by atoms with E-state index in [2.05, 4.69) is 16.8 Å². The van der Waals surface area contributed by atoms with E-state index in [1.807, 2.05) is 7.05 Å². The van der Waals surface area contributed by atoms with Gasteiger partial charge in [-0.2, -0.15) is 0 Å². The number of hydrogen-bond acceptors (Lipinski definition) is 4. The summed E-state index contributed by atoms with van der Waals surface area (Å²) in [5, 5.41) is 0. The Labute approximate surface area is 105 Å². The topological polar surface area (TPSA) is 36.0 Å². The molecule has 0 aromatic carbocycles. The fraction of sp³-hybridized carbons (Fsp3) is 0.917. The lowest BCUT2D eigenvalue weighted by atomic mass is 10.4. The van der Waals surface area contributed by atoms with E-state index in [1.165, 1.54) is 0 Å². The van der Waals surface area contributed by atoms with Gasteiger partial charge in [-0.25, -0.2) is 0 Å². The van der Waals surface area contributed by atoms with Gasteiger partial charge in [-0.15, -0.1) is 0 Å². The van der Waals surface area contributed by atoms with Crippen molar-refractivity contribution in [3.63, 3.8) is 0 Å². The lowest BCUT2D eigenvalue weighted by Gasteiger charge is -2.22. The fourth-order valence-electron chi connectivity index (χ4n) is 1.38. The average Bonchev–Trinajstić information content (AvgIpc) is 2.26. The second-order valence-corrected chi connectivity index (χ2v) is 4.68. The van der Waals surface area contributed by atoms with Crippen LogP contribution in [-0.4, -0.2) is 88.7 Å². The van der Waals surface area contributed by atoms with Crippen molar-refractivity contribution in [3.05, 3.63) is 0 Å². The number of methoxy groups -OCH3 is 1. The van der Waals surface area contributed by atoms with Crippen LogP contribution in [0.25, 0.3) is 0 Å². The molecule has 0 bridgehead atoms. The van der Waals surface area contributed by atoms with Crippen molar-refractivity contribution in [2.45, 2.75) is 6.42 Å². The molecule has 0 aliphatic rings. The van der Waals surface area contributed by atoms with Gasteiger partial charge < -0.3 is 14.5 Å². The van der Waals surface area contributed by atoms with Crippen LogP contribution < -0.4 is 0 Å². The summed E-state index contributed by atoms with van der Waals surface area (Å²) in [6.45, 7) is 4.20. The van der Waals surface area contributed by atoms with Crippen molar-refractivity contribution in [1.82, 2.24) is 14.7 Å². The molecule has 17 heavy (non-hydrogen) atoms. The van der Waals surface area contributed by atoms with Crippen molar-refractivity contribution in [2.75, 3.05) is 68.1 Å². The Kier molecular flexibility index (Phi) is 9.03. The van der Waals surface area contributed by atoms with E-state index in [0.29, 0.717) is 6.54 Å². The summed E-state index contributed by atoms with van der Waals surface area (Å²) in [5.74, 6) is 0.148. The zero-order valence-electron chi connectivity index (χ0n) is 11.9. The zero-order chi connectivity index (χ0) is 13.3. The van der Waals surface area contributed by atoms with Crippen molar-refractivity contribution in [3.8, 4) is 0 Å². The summed E-state index contributed by atoms with van der Waals surface area (Å²) in [4.78, 5) is 17.4. The van der Waals surface area contributed by atoms with Gasteiger partial charge in [0.15, 0.2) is 0 Å². The van der Waals surface area contributed by atoms with Gasteiger partial charge in [0.25, 0.3) is 0 Å². The van der Waals surface area contributed by atoms with Gasteiger partial charge in [-0.3, -0.25) is 9.69 Å². The summed E-state index contributed by atoms with van der Waals surface area (Å²) < 4.78 is 5.01. The minimum absolute atomic E-state index is 0.148. The van der Waals surface area contributed by atoms with Gasteiger partial charge in [0, 0.05) is 47.4 Å². The van der Waals surface area contributed by atoms with Gasteiger partial charge >= 0.3 is 0 Å². The maximum atomic E-state index is 11.5. The van der Waals surface area contributed by atoms with E-state index >= 15 is 0 Å². The molecule has 0 radical (unpaired) electrons. The van der Waals surface area contributed by atoms with Crippen LogP contribution in [-0.2, 0) is 9.53 Å². The van der Waals surface area contributed by atoms with Crippen molar-refractivity contribution < 1.29 is 9.53 Å². The van der Waals surface area contributed by atoms with Crippen LogP contribution in [0.2, 0.25) is 0 Å². The normalized spacial score (nSPS) is 11.2. The summed E-state index contributed by atoms with van der Waals surface area (Å²) >= 11 is 0. The summed E-state index contributed by atoms with van der Waals surface area (Å²) in [6, 6.07) is 0. The first-order valence-corrected chi connectivity index (χ1v) is 6.03. The summed E-state index contributed by atoms with van der Waals surface area (Å²) in [7, 11) is 9.36. The molecular weight excluding hydrogens is 218 g/mol. The van der Waals surface area contributed by atoms with Gasteiger partial charge in [-0.05, 0) is 20.5 Å². The molecule has 0 heterocycles. The largest absolute Gasteiger partial charge is 0.385 e. The van der Waals surface area contributed by atoms with Gasteiger partial charge in [0.2, 0.25) is 5.91 Å². The van der Waals surface area contributed by atoms with E-state index < -0.39 is 0 Å². The lowest BCUT2D eigenvalue weighted by Crippen LogP contribution is -2.38. The van der Waals surface area contributed by atoms with Gasteiger partial charge in [0.1, 0.15) is 0 Å². The number of carbonyl (C=O) groups is 1. The van der Waals surface area contributed by atoms with E-state index in [9.17, 15) is 4.79 Å². The molecule has 5 heteroatoms. The van der Waals surface area contributed by atoms with Crippen LogP contribution in [0.5, 0.6) is 0 Å². The van der Waals surface area contributed by atoms with Crippen molar-refractivity contribution in [1.29, 1.82) is 0 Å². The number of carbonyl (C=O) groups excluding carboxylic acids is 1. The third kappa shape index (κ3) is 9.09. The molecule has 0 fully saturated rings. The van der Waals surface area contributed by atoms with Gasteiger partial charge in [-0.1, -0.05) is 0 Å².